The van der Waals surface area contributed by atoms with E-state index >= 15 is 0 Å². The van der Waals surface area contributed by atoms with Gasteiger partial charge in [-0.3, -0.25) is 13.9 Å². The summed E-state index contributed by atoms with van der Waals surface area (Å²) in [4.78, 5) is 46.9. The zero-order valence-corrected chi connectivity index (χ0v) is 20.2. The van der Waals surface area contributed by atoms with Crippen LogP contribution >= 0.6 is 0 Å². The average Bonchev–Trinajstić information content (AvgIpc) is 3.51. The number of rotatable bonds is 6. The second kappa shape index (κ2) is 8.85. The van der Waals surface area contributed by atoms with Crippen molar-refractivity contribution >= 4 is 45.7 Å². The highest BCUT2D eigenvalue weighted by molar-refractivity contribution is 5.87. The first-order valence-corrected chi connectivity index (χ1v) is 11.8. The molecule has 0 aromatic carbocycles. The van der Waals surface area contributed by atoms with Gasteiger partial charge < -0.3 is 21.1 Å². The Morgan fingerprint density at radius 3 is 2.84 bits per heavy atom. The van der Waals surface area contributed by atoms with Crippen LogP contribution in [0, 0.1) is 0 Å². The molecule has 2 aliphatic rings. The molecular formula is C25H29N9O4. The number of primary amides is 1. The summed E-state index contributed by atoms with van der Waals surface area (Å²) >= 11 is 0. The van der Waals surface area contributed by atoms with Gasteiger partial charge in [-0.05, 0) is 50.6 Å². The Morgan fingerprint density at radius 1 is 1.29 bits per heavy atom. The van der Waals surface area contributed by atoms with Crippen molar-refractivity contribution in [1.82, 2.24) is 34.2 Å². The average molecular weight is 528 g/mol. The van der Waals surface area contributed by atoms with Crippen LogP contribution in [-0.2, 0) is 22.0 Å². The summed E-state index contributed by atoms with van der Waals surface area (Å²) in [7, 11) is 0.968. The molecule has 0 saturated heterocycles. The van der Waals surface area contributed by atoms with Crippen LogP contribution in [0.25, 0.3) is 22.1 Å². The minimum atomic E-state index is -3.03. The van der Waals surface area contributed by atoms with Gasteiger partial charge >= 0.3 is 11.8 Å². The van der Waals surface area contributed by atoms with E-state index in [1.54, 1.807) is 18.3 Å². The largest absolute Gasteiger partial charge is 0.453 e. The predicted molar refractivity (Wildman–Crippen MR) is 139 cm³/mol. The first kappa shape index (κ1) is 16.4. The third-order valence-electron chi connectivity index (χ3n) is 6.99. The highest BCUT2D eigenvalue weighted by Crippen LogP contribution is 2.40. The van der Waals surface area contributed by atoms with Gasteiger partial charge in [0.15, 0.2) is 5.65 Å². The summed E-state index contributed by atoms with van der Waals surface area (Å²) in [6, 6.07) is -0.0801. The van der Waals surface area contributed by atoms with Crippen LogP contribution in [0.3, 0.4) is 0 Å². The van der Waals surface area contributed by atoms with Crippen LogP contribution in [0.2, 0.25) is 0 Å². The van der Waals surface area contributed by atoms with Crippen molar-refractivity contribution in [1.29, 1.82) is 0 Å². The molecule has 6 rings (SSSR count). The van der Waals surface area contributed by atoms with Crippen molar-refractivity contribution < 1.29 is 25.3 Å². The molecule has 2 unspecified atom stereocenters. The number of hydrogen-bond donors (Lipinski definition) is 3. The van der Waals surface area contributed by atoms with E-state index in [0.717, 1.165) is 24.3 Å². The Balaban J connectivity index is 1.47. The third-order valence-corrected chi connectivity index (χ3v) is 6.99. The number of alkyl carbamates (subject to hydrolysis) is 1. The monoisotopic (exact) mass is 527 g/mol. The number of nitrogens with two attached hydrogens (primary N) is 1. The quantitative estimate of drug-likeness (QED) is 0.343. The highest BCUT2D eigenvalue weighted by atomic mass is 16.5. The first-order chi connectivity index (χ1) is 21.4. The summed E-state index contributed by atoms with van der Waals surface area (Å²) in [5.41, 5.74) is 3.57. The second-order valence-electron chi connectivity index (χ2n) is 9.12. The maximum atomic E-state index is 13.7. The Labute approximate surface area is 228 Å². The standard InChI is InChI=1S/C25H29N9O4/c1-32-18-13-27-20(11-17(18)33(24(32)37)16-6-5-15(10-16)29-23(36)38-2)30-19-7-4-14-12-28-34(21(14)31-19)25(22(26)35)8-3-9-25/h4,7,11-13,15-16H,3,5-6,8-10H2,1-2H3,(H2,26,35)(H,29,36)(H,27,30,31)/i1D3,5D2,10D2,15D. The van der Waals surface area contributed by atoms with Gasteiger partial charge in [-0.2, -0.15) is 5.10 Å². The van der Waals surface area contributed by atoms with E-state index in [1.807, 2.05) is 5.32 Å². The van der Waals surface area contributed by atoms with Gasteiger partial charge in [0.25, 0.3) is 0 Å². The first-order valence-electron chi connectivity index (χ1n) is 15.8. The molecule has 4 N–H and O–H groups in total. The Hall–Kier alpha value is -4.42. The molecule has 38 heavy (non-hydrogen) atoms. The van der Waals surface area contributed by atoms with E-state index in [-0.39, 0.29) is 22.7 Å². The van der Waals surface area contributed by atoms with Crippen LogP contribution in [0.15, 0.2) is 35.4 Å². The summed E-state index contributed by atoms with van der Waals surface area (Å²) in [6.07, 6.45) is -3.25. The molecule has 2 aliphatic carbocycles. The number of carbonyl (C=O) groups excluding carboxylic acids is 2. The van der Waals surface area contributed by atoms with Crippen LogP contribution in [0.1, 0.15) is 55.4 Å². The molecule has 2 fully saturated rings. The fraction of sp³-hybridized carbons (Fsp3) is 0.440. The fourth-order valence-corrected chi connectivity index (χ4v) is 4.84. The SMILES string of the molecule is [2H]C([2H])([2H])n1c(=O)n(C2CC([2H])([2H])C([2H])(NC(=O)OC)C2([2H])[2H])c2cc(Nc3ccc4cnn(C5(C(N)=O)CCC5)c4n3)ncc21. The molecule has 4 aromatic rings. The summed E-state index contributed by atoms with van der Waals surface area (Å²) in [6.45, 7) is -3.03. The highest BCUT2D eigenvalue weighted by Gasteiger charge is 2.46. The van der Waals surface area contributed by atoms with E-state index in [2.05, 4.69) is 25.1 Å². The van der Waals surface area contributed by atoms with Crippen molar-refractivity contribution in [2.45, 2.75) is 56.0 Å². The van der Waals surface area contributed by atoms with Gasteiger partial charge in [-0.25, -0.2) is 24.2 Å². The molecule has 13 nitrogen and oxygen atoms in total. The lowest BCUT2D eigenvalue weighted by atomic mass is 9.76. The van der Waals surface area contributed by atoms with E-state index < -0.39 is 61.4 Å². The molecule has 2 saturated carbocycles. The molecule has 13 heteroatoms. The number of amides is 2. The van der Waals surface area contributed by atoms with Gasteiger partial charge in [0.2, 0.25) is 5.91 Å². The molecule has 198 valence electrons. The second-order valence-corrected chi connectivity index (χ2v) is 9.12. The number of methoxy groups -OCH3 is 1. The Bertz CT molecular complexity index is 1970. The van der Waals surface area contributed by atoms with Gasteiger partial charge in [0, 0.05) is 40.1 Å². The number of nitrogens with one attached hydrogen (secondary N) is 2. The summed E-state index contributed by atoms with van der Waals surface area (Å²) in [5, 5.41) is 9.89. The lowest BCUT2D eigenvalue weighted by Crippen LogP contribution is -2.52. The molecule has 4 aromatic heterocycles. The van der Waals surface area contributed by atoms with Gasteiger partial charge in [-0.1, -0.05) is 0 Å². The minimum Gasteiger partial charge on any atom is -0.453 e. The fourth-order valence-electron chi connectivity index (χ4n) is 4.84. The number of imidazole rings is 1. The molecule has 0 radical (unpaired) electrons. The number of fused-ring (bicyclic) bond motifs is 2. The van der Waals surface area contributed by atoms with Gasteiger partial charge in [0.1, 0.15) is 17.2 Å². The summed E-state index contributed by atoms with van der Waals surface area (Å²) < 4.78 is 74.3. The zero-order valence-electron chi connectivity index (χ0n) is 28.2. The van der Waals surface area contributed by atoms with Crippen molar-refractivity contribution in [3.05, 3.63) is 41.1 Å². The lowest BCUT2D eigenvalue weighted by Gasteiger charge is -2.38. The number of pyridine rings is 2. The van der Waals surface area contributed by atoms with Gasteiger partial charge in [-0.15, -0.1) is 0 Å². The molecule has 4 heterocycles. The molecular weight excluding hydrogens is 490 g/mol. The van der Waals surface area contributed by atoms with Crippen molar-refractivity contribution in [3.63, 3.8) is 0 Å². The minimum absolute atomic E-state index is 0.0570. The Kier molecular flexibility index (Phi) is 3.83. The van der Waals surface area contributed by atoms with Crippen LogP contribution < -0.4 is 22.1 Å². The van der Waals surface area contributed by atoms with E-state index in [9.17, 15) is 14.4 Å². The number of aryl methyl sites for hydroxylation is 1. The number of nitrogens with zero attached hydrogens (tertiary/aromatic N) is 6. The number of carbonyl (C=O) groups is 2. The smallest absolute Gasteiger partial charge is 0.407 e. The normalized spacial score (nSPS) is 28.4. The topological polar surface area (TPSA) is 164 Å². The summed E-state index contributed by atoms with van der Waals surface area (Å²) in [5.74, 6) is -0.229. The maximum Gasteiger partial charge on any atom is 0.407 e. The maximum absolute atomic E-state index is 13.7. The van der Waals surface area contributed by atoms with Crippen LogP contribution in [0.4, 0.5) is 16.4 Å². The number of anilines is 2. The molecule has 0 aliphatic heterocycles. The molecule has 0 bridgehead atoms. The van der Waals surface area contributed by atoms with Crippen molar-refractivity contribution in [2.24, 2.45) is 12.7 Å². The third kappa shape index (κ3) is 3.68. The number of aromatic nitrogens is 6. The molecule has 2 atom stereocenters. The number of hydrogen-bond acceptors (Lipinski definition) is 8. The van der Waals surface area contributed by atoms with Gasteiger partial charge in [0.05, 0.1) is 31.9 Å². The number of ether oxygens (including phenoxy) is 1. The molecule has 2 amide bonds. The van der Waals surface area contributed by atoms with E-state index in [0.29, 0.717) is 28.4 Å². The van der Waals surface area contributed by atoms with E-state index in [4.69, 9.17) is 16.7 Å². The van der Waals surface area contributed by atoms with Crippen molar-refractivity contribution in [3.8, 4) is 0 Å². The van der Waals surface area contributed by atoms with Crippen molar-refractivity contribution in [2.75, 3.05) is 12.4 Å². The zero-order chi connectivity index (χ0) is 33.6. The van der Waals surface area contributed by atoms with Crippen LogP contribution in [-0.4, -0.2) is 54.0 Å². The predicted octanol–water partition coefficient (Wildman–Crippen LogP) is 2.04. The molecule has 0 spiro atoms. The lowest BCUT2D eigenvalue weighted by molar-refractivity contribution is -0.131. The van der Waals surface area contributed by atoms with Crippen LogP contribution in [0.5, 0.6) is 0 Å². The Morgan fingerprint density at radius 2 is 2.13 bits per heavy atom. The van der Waals surface area contributed by atoms with E-state index in [1.165, 1.54) is 10.7 Å².